The Hall–Kier alpha value is -5.39. The molecule has 290 valence electrons. The number of thioether (sulfide) groups is 1. The topological polar surface area (TPSA) is 187 Å². The van der Waals surface area contributed by atoms with Crippen molar-refractivity contribution in [3.63, 3.8) is 0 Å². The average molecular weight is 811 g/mol. The van der Waals surface area contributed by atoms with E-state index in [1.807, 2.05) is 0 Å². The molecule has 3 aromatic rings. The molecule has 0 bridgehead atoms. The number of anilines is 2. The van der Waals surface area contributed by atoms with Crippen LogP contribution >= 0.6 is 34.7 Å². The van der Waals surface area contributed by atoms with Crippen LogP contribution in [0, 0.1) is 0 Å². The second-order valence-electron chi connectivity index (χ2n) is 12.9. The summed E-state index contributed by atoms with van der Waals surface area (Å²) < 4.78 is 16.1. The summed E-state index contributed by atoms with van der Waals surface area (Å²) in [6.45, 7) is 5.20. The highest BCUT2D eigenvalue weighted by Gasteiger charge is 2.54. The first-order chi connectivity index (χ1) is 26.3. The molecule has 0 aliphatic carbocycles. The van der Waals surface area contributed by atoms with E-state index in [0.717, 1.165) is 16.9 Å². The van der Waals surface area contributed by atoms with Gasteiger partial charge in [-0.2, -0.15) is 0 Å². The van der Waals surface area contributed by atoms with Crippen molar-refractivity contribution >= 4 is 81.0 Å². The number of benzene rings is 2. The van der Waals surface area contributed by atoms with E-state index >= 15 is 0 Å². The van der Waals surface area contributed by atoms with E-state index in [1.54, 1.807) is 88.6 Å². The van der Waals surface area contributed by atoms with E-state index in [-0.39, 0.29) is 41.1 Å². The molecule has 1 aromatic heterocycles. The number of nitrogens with zero attached hydrogens (tertiary/aromatic N) is 3. The first-order valence-corrected chi connectivity index (χ1v) is 19.2. The summed E-state index contributed by atoms with van der Waals surface area (Å²) in [6.07, 6.45) is 2.59. The number of para-hydroxylation sites is 1. The molecule has 3 heterocycles. The lowest BCUT2D eigenvalue weighted by atomic mass is 10.0. The summed E-state index contributed by atoms with van der Waals surface area (Å²) in [5.74, 6) is -1.22. The second kappa shape index (κ2) is 18.3. The Morgan fingerprint density at radius 3 is 2.51 bits per heavy atom. The van der Waals surface area contributed by atoms with Crippen molar-refractivity contribution in [2.75, 3.05) is 36.5 Å². The number of ether oxygens (including phenoxy) is 3. The number of esters is 1. The molecule has 0 unspecified atom stereocenters. The number of hydrogen-bond donors (Lipinski definition) is 3. The first kappa shape index (κ1) is 40.8. The summed E-state index contributed by atoms with van der Waals surface area (Å²) in [6, 6.07) is 12.8. The summed E-state index contributed by atoms with van der Waals surface area (Å²) in [5.41, 5.74) is 1.45. The molecule has 3 N–H and O–H groups in total. The fourth-order valence-corrected chi connectivity index (χ4v) is 7.50. The number of amides is 4. The van der Waals surface area contributed by atoms with Crippen LogP contribution in [0.4, 0.5) is 15.6 Å². The van der Waals surface area contributed by atoms with Gasteiger partial charge < -0.3 is 29.7 Å². The van der Waals surface area contributed by atoms with E-state index in [2.05, 4.69) is 26.1 Å². The van der Waals surface area contributed by atoms with Crippen molar-refractivity contribution in [2.24, 2.45) is 5.16 Å². The van der Waals surface area contributed by atoms with Gasteiger partial charge in [-0.1, -0.05) is 47.6 Å². The fourth-order valence-electron chi connectivity index (χ4n) is 5.38. The maximum atomic E-state index is 13.6. The molecule has 2 aliphatic rings. The Kier molecular flexibility index (Phi) is 13.6. The van der Waals surface area contributed by atoms with Gasteiger partial charge in [0, 0.05) is 22.7 Å². The van der Waals surface area contributed by atoms with E-state index in [9.17, 15) is 24.0 Å². The molecule has 2 aliphatic heterocycles. The van der Waals surface area contributed by atoms with Crippen molar-refractivity contribution < 1.29 is 43.0 Å². The van der Waals surface area contributed by atoms with Crippen molar-refractivity contribution in [1.82, 2.24) is 15.2 Å². The number of methoxy groups -OCH3 is 1. The van der Waals surface area contributed by atoms with Gasteiger partial charge in [0.05, 0.1) is 13.5 Å². The Morgan fingerprint density at radius 1 is 1.07 bits per heavy atom. The third kappa shape index (κ3) is 10.4. The van der Waals surface area contributed by atoms with Gasteiger partial charge in [0.25, 0.3) is 11.8 Å². The summed E-state index contributed by atoms with van der Waals surface area (Å²) in [4.78, 5) is 76.5. The number of nitrogens with one attached hydrogen (secondary N) is 3. The Morgan fingerprint density at radius 2 is 1.82 bits per heavy atom. The van der Waals surface area contributed by atoms with Gasteiger partial charge in [-0.05, 0) is 55.7 Å². The van der Waals surface area contributed by atoms with Crippen molar-refractivity contribution in [2.45, 2.75) is 50.8 Å². The SMILES string of the molecule is CO/N=C(/C(=O)N[C@H]1C(=O)N2C(C(=O)OCc3ccc(OC)cc3)=C(/C=C\CCl)CS[C@@H]12)c1csc(NC(=O)Cc2ccccc2NC(=O)OC(C)(C)C)n1. The highest BCUT2D eigenvalue weighted by Crippen LogP contribution is 2.41. The number of fused-ring (bicyclic) bond motifs is 1. The van der Waals surface area contributed by atoms with Gasteiger partial charge in [0.1, 0.15) is 47.9 Å². The van der Waals surface area contributed by atoms with Crippen LogP contribution in [0.15, 0.2) is 82.5 Å². The van der Waals surface area contributed by atoms with Crippen LogP contribution in [0.25, 0.3) is 0 Å². The molecular formula is C37H39ClN6O9S2. The van der Waals surface area contributed by atoms with Crippen LogP contribution in [0.5, 0.6) is 5.75 Å². The molecule has 0 saturated carbocycles. The van der Waals surface area contributed by atoms with Gasteiger partial charge in [0.15, 0.2) is 10.8 Å². The Balaban J connectivity index is 1.23. The number of oxime groups is 1. The minimum absolute atomic E-state index is 0.0373. The number of aromatic nitrogens is 1. The highest BCUT2D eigenvalue weighted by molar-refractivity contribution is 8.00. The smallest absolute Gasteiger partial charge is 0.412 e. The molecule has 0 spiro atoms. The monoisotopic (exact) mass is 810 g/mol. The molecule has 55 heavy (non-hydrogen) atoms. The molecule has 15 nitrogen and oxygen atoms in total. The van der Waals surface area contributed by atoms with Crippen molar-refractivity contribution in [3.05, 3.63) is 94.2 Å². The molecular weight excluding hydrogens is 772 g/mol. The Labute approximate surface area is 330 Å². The number of alkyl halides is 1. The normalized spacial score (nSPS) is 16.9. The van der Waals surface area contributed by atoms with Gasteiger partial charge in [-0.3, -0.25) is 24.6 Å². The van der Waals surface area contributed by atoms with Crippen LogP contribution in [0.3, 0.4) is 0 Å². The fraction of sp³-hybridized carbons (Fsp3) is 0.324. The van der Waals surface area contributed by atoms with Crippen LogP contribution in [-0.4, -0.2) is 88.2 Å². The molecule has 1 saturated heterocycles. The average Bonchev–Trinajstić information content (AvgIpc) is 3.61. The standard InChI is InChI=1S/C37H39ClN6O9S2/c1-37(2,3)53-36(49)40-25-11-7-6-9-22(25)17-27(45)41-35-39-26(20-55-35)28(43-51-5)31(46)42-29-32(47)44-30(23(10-8-16-38)19-54-33(29)44)34(48)52-18-21-12-14-24(50-4)15-13-21/h6-15,20,29,33H,16-19H2,1-5H3,(H,40,49)(H,42,46)(H,39,41,45)/b10-8-,43-28+/t29-,33-/m0/s1. The van der Waals surface area contributed by atoms with Gasteiger partial charge in [-0.15, -0.1) is 34.7 Å². The minimum atomic E-state index is -1.00. The third-order valence-corrected chi connectivity index (χ3v) is 10.0. The van der Waals surface area contributed by atoms with Crippen LogP contribution in [0.2, 0.25) is 0 Å². The summed E-state index contributed by atoms with van der Waals surface area (Å²) >= 11 is 8.27. The number of thiazole rings is 1. The number of carbonyl (C=O) groups excluding carboxylic acids is 5. The zero-order chi connectivity index (χ0) is 39.7. The van der Waals surface area contributed by atoms with E-state index in [0.29, 0.717) is 28.3 Å². The van der Waals surface area contributed by atoms with Crippen molar-refractivity contribution in [1.29, 1.82) is 0 Å². The van der Waals surface area contributed by atoms with Crippen LogP contribution < -0.4 is 20.7 Å². The number of rotatable bonds is 14. The summed E-state index contributed by atoms with van der Waals surface area (Å²) in [7, 11) is 2.81. The quantitative estimate of drug-likeness (QED) is 0.0637. The number of β-lactam (4-membered cyclic amide) rings is 1. The van der Waals surface area contributed by atoms with Crippen LogP contribution in [0.1, 0.15) is 37.6 Å². The maximum Gasteiger partial charge on any atom is 0.412 e. The minimum Gasteiger partial charge on any atom is -0.497 e. The van der Waals surface area contributed by atoms with Gasteiger partial charge in [0.2, 0.25) is 5.91 Å². The molecule has 18 heteroatoms. The largest absolute Gasteiger partial charge is 0.497 e. The van der Waals surface area contributed by atoms with E-state index < -0.39 is 46.8 Å². The lowest BCUT2D eigenvalue weighted by Crippen LogP contribution is -2.71. The predicted molar refractivity (Wildman–Crippen MR) is 209 cm³/mol. The first-order valence-electron chi connectivity index (χ1n) is 16.8. The molecule has 2 atom stereocenters. The highest BCUT2D eigenvalue weighted by atomic mass is 35.5. The molecule has 2 aromatic carbocycles. The number of carbonyl (C=O) groups is 5. The lowest BCUT2D eigenvalue weighted by Gasteiger charge is -2.49. The maximum absolute atomic E-state index is 13.6. The number of hydrogen-bond acceptors (Lipinski definition) is 13. The van der Waals surface area contributed by atoms with Crippen LogP contribution in [-0.2, 0) is 46.5 Å². The predicted octanol–water partition coefficient (Wildman–Crippen LogP) is 5.22. The number of allylic oxidation sites excluding steroid dienone is 2. The number of halogens is 1. The summed E-state index contributed by atoms with van der Waals surface area (Å²) in [5, 5.41) is 13.0. The van der Waals surface area contributed by atoms with E-state index in [4.69, 9.17) is 30.6 Å². The Bertz CT molecular complexity index is 2030. The second-order valence-corrected chi connectivity index (χ2v) is 15.2. The van der Waals surface area contributed by atoms with Gasteiger partial charge >= 0.3 is 12.1 Å². The van der Waals surface area contributed by atoms with E-state index in [1.165, 1.54) is 29.2 Å². The molecule has 5 rings (SSSR count). The molecule has 0 radical (unpaired) electrons. The zero-order valence-corrected chi connectivity index (χ0v) is 32.9. The molecule has 4 amide bonds. The molecule has 1 fully saturated rings. The lowest BCUT2D eigenvalue weighted by molar-refractivity contribution is -0.153. The third-order valence-electron chi connectivity index (χ3n) is 7.81. The zero-order valence-electron chi connectivity index (χ0n) is 30.5. The van der Waals surface area contributed by atoms with Crippen molar-refractivity contribution in [3.8, 4) is 5.75 Å². The van der Waals surface area contributed by atoms with Gasteiger partial charge in [-0.25, -0.2) is 14.6 Å².